The topological polar surface area (TPSA) is 32.7 Å². The Morgan fingerprint density at radius 1 is 1.46 bits per heavy atom. The number of hydrogen-bond donors (Lipinski definition) is 1. The molecular formula is C10H17NO2. The fourth-order valence-electron chi connectivity index (χ4n) is 1.71. The Kier molecular flexibility index (Phi) is 2.86. The number of allylic oxidation sites excluding steroid dienone is 1. The van der Waals surface area contributed by atoms with E-state index in [4.69, 9.17) is 4.74 Å². The Morgan fingerprint density at radius 3 is 2.85 bits per heavy atom. The predicted molar refractivity (Wildman–Crippen MR) is 50.3 cm³/mol. The van der Waals surface area contributed by atoms with Crippen molar-refractivity contribution in [3.05, 3.63) is 11.8 Å². The lowest BCUT2D eigenvalue weighted by atomic mass is 10.1. The second-order valence-corrected chi connectivity index (χ2v) is 3.77. The van der Waals surface area contributed by atoms with E-state index in [1.54, 1.807) is 0 Å². The van der Waals surface area contributed by atoms with Crippen molar-refractivity contribution in [2.45, 2.75) is 25.4 Å². The van der Waals surface area contributed by atoms with Crippen molar-refractivity contribution >= 4 is 0 Å². The van der Waals surface area contributed by atoms with Crippen LogP contribution in [0.15, 0.2) is 11.8 Å². The van der Waals surface area contributed by atoms with Crippen molar-refractivity contribution in [3.63, 3.8) is 0 Å². The molecule has 2 rings (SSSR count). The summed E-state index contributed by atoms with van der Waals surface area (Å²) >= 11 is 0. The van der Waals surface area contributed by atoms with Crippen molar-refractivity contribution in [1.29, 1.82) is 0 Å². The Labute approximate surface area is 79.0 Å². The van der Waals surface area contributed by atoms with Crippen LogP contribution in [-0.4, -0.2) is 42.4 Å². The molecular weight excluding hydrogens is 166 g/mol. The van der Waals surface area contributed by atoms with Crippen molar-refractivity contribution < 1.29 is 9.84 Å². The Balaban J connectivity index is 1.80. The summed E-state index contributed by atoms with van der Waals surface area (Å²) in [4.78, 5) is 2.25. The summed E-state index contributed by atoms with van der Waals surface area (Å²) in [6, 6.07) is 0. The van der Waals surface area contributed by atoms with Gasteiger partial charge >= 0.3 is 0 Å². The summed E-state index contributed by atoms with van der Waals surface area (Å²) in [6.07, 6.45) is 5.02. The molecule has 0 radical (unpaired) electrons. The highest BCUT2D eigenvalue weighted by Crippen LogP contribution is 2.16. The molecule has 0 bridgehead atoms. The molecule has 0 aromatic rings. The molecule has 2 heterocycles. The quantitative estimate of drug-likeness (QED) is 0.700. The largest absolute Gasteiger partial charge is 0.495 e. The standard InChI is InChI=1S/C10H17NO2/c12-9(8-11-5-3-6-11)10-4-1-2-7-13-10/h4,9,12H,1-3,5-8H2. The predicted octanol–water partition coefficient (Wildman–Crippen LogP) is 0.747. The van der Waals surface area contributed by atoms with E-state index in [1.807, 2.05) is 6.08 Å². The van der Waals surface area contributed by atoms with Crippen LogP contribution in [0.3, 0.4) is 0 Å². The van der Waals surface area contributed by atoms with Crippen LogP contribution in [-0.2, 0) is 4.74 Å². The molecule has 0 amide bonds. The molecule has 3 nitrogen and oxygen atoms in total. The van der Waals surface area contributed by atoms with Gasteiger partial charge < -0.3 is 14.7 Å². The van der Waals surface area contributed by atoms with Gasteiger partial charge in [-0.3, -0.25) is 0 Å². The highest BCUT2D eigenvalue weighted by atomic mass is 16.5. The number of hydrogen-bond acceptors (Lipinski definition) is 3. The summed E-state index contributed by atoms with van der Waals surface area (Å²) in [5, 5.41) is 9.77. The average molecular weight is 183 g/mol. The molecule has 3 heteroatoms. The molecule has 74 valence electrons. The van der Waals surface area contributed by atoms with Gasteiger partial charge in [-0.1, -0.05) is 0 Å². The van der Waals surface area contributed by atoms with E-state index in [0.717, 1.165) is 44.8 Å². The van der Waals surface area contributed by atoms with Crippen LogP contribution in [0.5, 0.6) is 0 Å². The van der Waals surface area contributed by atoms with Gasteiger partial charge in [0.15, 0.2) is 0 Å². The third-order valence-corrected chi connectivity index (χ3v) is 2.67. The van der Waals surface area contributed by atoms with E-state index in [1.165, 1.54) is 6.42 Å². The molecule has 0 aliphatic carbocycles. The van der Waals surface area contributed by atoms with E-state index >= 15 is 0 Å². The van der Waals surface area contributed by atoms with E-state index < -0.39 is 6.10 Å². The van der Waals surface area contributed by atoms with E-state index in [-0.39, 0.29) is 0 Å². The average Bonchev–Trinajstić information content (AvgIpc) is 2.12. The molecule has 0 spiro atoms. The zero-order chi connectivity index (χ0) is 9.10. The van der Waals surface area contributed by atoms with Crippen LogP contribution < -0.4 is 0 Å². The molecule has 1 unspecified atom stereocenters. The molecule has 1 saturated heterocycles. The third-order valence-electron chi connectivity index (χ3n) is 2.67. The van der Waals surface area contributed by atoms with Crippen molar-refractivity contribution in [2.75, 3.05) is 26.2 Å². The van der Waals surface area contributed by atoms with Crippen molar-refractivity contribution in [1.82, 2.24) is 4.90 Å². The second kappa shape index (κ2) is 4.11. The minimum absolute atomic E-state index is 0.402. The van der Waals surface area contributed by atoms with Crippen LogP contribution >= 0.6 is 0 Å². The first kappa shape index (κ1) is 9.03. The first-order valence-electron chi connectivity index (χ1n) is 5.09. The number of ether oxygens (including phenoxy) is 1. The molecule has 1 N–H and O–H groups in total. The highest BCUT2D eigenvalue weighted by molar-refractivity contribution is 5.03. The molecule has 0 saturated carbocycles. The lowest BCUT2D eigenvalue weighted by Crippen LogP contribution is -2.43. The molecule has 2 aliphatic heterocycles. The normalized spacial score (nSPS) is 25.8. The van der Waals surface area contributed by atoms with Gasteiger partial charge in [0.05, 0.1) is 6.61 Å². The number of β-amino-alcohol motifs (C(OH)–C–C–N with tert-alkyl or cyclic N) is 1. The lowest BCUT2D eigenvalue weighted by Gasteiger charge is -2.33. The highest BCUT2D eigenvalue weighted by Gasteiger charge is 2.21. The summed E-state index contributed by atoms with van der Waals surface area (Å²) < 4.78 is 5.39. The fraction of sp³-hybridized carbons (Fsp3) is 0.800. The molecule has 0 aromatic heterocycles. The number of aliphatic hydroxyl groups excluding tert-OH is 1. The summed E-state index contributed by atoms with van der Waals surface area (Å²) in [6.45, 7) is 3.77. The zero-order valence-electron chi connectivity index (χ0n) is 7.91. The lowest BCUT2D eigenvalue weighted by molar-refractivity contribution is 0.0467. The zero-order valence-corrected chi connectivity index (χ0v) is 7.91. The van der Waals surface area contributed by atoms with Gasteiger partial charge in [-0.2, -0.15) is 0 Å². The van der Waals surface area contributed by atoms with E-state index in [9.17, 15) is 5.11 Å². The van der Waals surface area contributed by atoms with Gasteiger partial charge in [0, 0.05) is 6.54 Å². The maximum atomic E-state index is 9.77. The van der Waals surface area contributed by atoms with Crippen LogP contribution in [0.2, 0.25) is 0 Å². The van der Waals surface area contributed by atoms with Gasteiger partial charge in [0.25, 0.3) is 0 Å². The molecule has 2 aliphatic rings. The van der Waals surface area contributed by atoms with Gasteiger partial charge in [-0.05, 0) is 38.4 Å². The van der Waals surface area contributed by atoms with Gasteiger partial charge in [-0.15, -0.1) is 0 Å². The molecule has 0 aromatic carbocycles. The van der Waals surface area contributed by atoms with Crippen LogP contribution in [0.25, 0.3) is 0 Å². The number of rotatable bonds is 3. The number of likely N-dealkylation sites (tertiary alicyclic amines) is 1. The first-order chi connectivity index (χ1) is 6.36. The number of aliphatic hydroxyl groups is 1. The van der Waals surface area contributed by atoms with E-state index in [2.05, 4.69) is 4.90 Å². The minimum atomic E-state index is -0.402. The SMILES string of the molecule is OC(CN1CCC1)C1=CCCCO1. The van der Waals surface area contributed by atoms with Gasteiger partial charge in [0.2, 0.25) is 0 Å². The Hall–Kier alpha value is -0.540. The van der Waals surface area contributed by atoms with E-state index in [0.29, 0.717) is 0 Å². The fourth-order valence-corrected chi connectivity index (χ4v) is 1.71. The summed E-state index contributed by atoms with van der Waals surface area (Å²) in [5.41, 5.74) is 0. The van der Waals surface area contributed by atoms with Crippen molar-refractivity contribution in [2.24, 2.45) is 0 Å². The maximum absolute atomic E-state index is 9.77. The van der Waals surface area contributed by atoms with Crippen LogP contribution in [0.1, 0.15) is 19.3 Å². The van der Waals surface area contributed by atoms with Crippen LogP contribution in [0.4, 0.5) is 0 Å². The maximum Gasteiger partial charge on any atom is 0.123 e. The third kappa shape index (κ3) is 2.23. The molecule has 1 fully saturated rings. The monoisotopic (exact) mass is 183 g/mol. The van der Waals surface area contributed by atoms with Gasteiger partial charge in [-0.25, -0.2) is 0 Å². The minimum Gasteiger partial charge on any atom is -0.495 e. The first-order valence-corrected chi connectivity index (χ1v) is 5.09. The second-order valence-electron chi connectivity index (χ2n) is 3.77. The smallest absolute Gasteiger partial charge is 0.123 e. The number of nitrogens with zero attached hydrogens (tertiary/aromatic N) is 1. The summed E-state index contributed by atoms with van der Waals surface area (Å²) in [5.74, 6) is 0.790. The van der Waals surface area contributed by atoms with Gasteiger partial charge in [0.1, 0.15) is 11.9 Å². The Bertz CT molecular complexity index is 199. The molecule has 1 atom stereocenters. The van der Waals surface area contributed by atoms with Crippen LogP contribution in [0, 0.1) is 0 Å². The summed E-state index contributed by atoms with van der Waals surface area (Å²) in [7, 11) is 0. The molecule has 13 heavy (non-hydrogen) atoms. The van der Waals surface area contributed by atoms with Crippen molar-refractivity contribution in [3.8, 4) is 0 Å². The Morgan fingerprint density at radius 2 is 2.31 bits per heavy atom.